The second kappa shape index (κ2) is 6.78. The minimum absolute atomic E-state index is 0.0600. The molecule has 2 aliphatic heterocycles. The molecule has 0 unspecified atom stereocenters. The molecular weight excluding hydrogens is 320 g/mol. The number of piperidine rings is 1. The maximum Gasteiger partial charge on any atom is 0.320 e. The van der Waals surface area contributed by atoms with Crippen LogP contribution in [0, 0.1) is 19.3 Å². The Morgan fingerprint density at radius 1 is 1.32 bits per heavy atom. The predicted octanol–water partition coefficient (Wildman–Crippen LogP) is 1.36. The highest BCUT2D eigenvalue weighted by atomic mass is 16.4. The van der Waals surface area contributed by atoms with Crippen molar-refractivity contribution in [3.8, 4) is 0 Å². The van der Waals surface area contributed by atoms with Crippen molar-refractivity contribution < 1.29 is 14.7 Å². The smallest absolute Gasteiger partial charge is 0.320 e. The van der Waals surface area contributed by atoms with Crippen LogP contribution in [0.5, 0.6) is 0 Å². The number of likely N-dealkylation sites (N-methyl/N-ethyl adjacent to an activating group) is 1. The van der Waals surface area contributed by atoms with Gasteiger partial charge in [0, 0.05) is 38.2 Å². The van der Waals surface area contributed by atoms with Gasteiger partial charge in [-0.05, 0) is 51.1 Å². The number of hydrogen-bond donors (Lipinski definition) is 2. The summed E-state index contributed by atoms with van der Waals surface area (Å²) in [6.45, 7) is 6.30. The molecule has 0 bridgehead atoms. The Kier molecular flexibility index (Phi) is 4.86. The lowest BCUT2D eigenvalue weighted by molar-refractivity contribution is -0.142. The number of aromatic amines is 1. The first kappa shape index (κ1) is 17.9. The Morgan fingerprint density at radius 3 is 2.52 bits per heavy atom. The van der Waals surface area contributed by atoms with Gasteiger partial charge in [-0.1, -0.05) is 0 Å². The topological polar surface area (TPSA) is 89.5 Å². The number of carbonyl (C=O) groups excluding carboxylic acids is 1. The summed E-state index contributed by atoms with van der Waals surface area (Å²) in [6.07, 6.45) is 3.64. The SMILES string of the molecule is Cc1[nH]nc(CCC(=O)N2CCC3(CC2)C[C@@H](C(=O)O)N(C)C3)c1C. The number of rotatable bonds is 4. The maximum absolute atomic E-state index is 12.5. The van der Waals surface area contributed by atoms with Gasteiger partial charge in [0.05, 0.1) is 5.69 Å². The van der Waals surface area contributed by atoms with E-state index in [-0.39, 0.29) is 17.4 Å². The first-order chi connectivity index (χ1) is 11.8. The number of likely N-dealkylation sites (tertiary alicyclic amines) is 2. The molecule has 1 atom stereocenters. The van der Waals surface area contributed by atoms with Gasteiger partial charge < -0.3 is 10.0 Å². The molecule has 7 heteroatoms. The summed E-state index contributed by atoms with van der Waals surface area (Å²) in [5, 5.41) is 16.6. The van der Waals surface area contributed by atoms with Crippen LogP contribution in [0.3, 0.4) is 0 Å². The van der Waals surface area contributed by atoms with Crippen LogP contribution in [0.2, 0.25) is 0 Å². The Hall–Kier alpha value is -1.89. The first-order valence-corrected chi connectivity index (χ1v) is 9.03. The molecule has 138 valence electrons. The normalized spacial score (nSPS) is 23.3. The molecule has 1 spiro atoms. The van der Waals surface area contributed by atoms with Crippen molar-refractivity contribution in [1.82, 2.24) is 20.0 Å². The van der Waals surface area contributed by atoms with E-state index in [1.165, 1.54) is 0 Å². The van der Waals surface area contributed by atoms with E-state index in [2.05, 4.69) is 10.2 Å². The number of aliphatic carboxylic acids is 1. The molecule has 1 amide bonds. The van der Waals surface area contributed by atoms with E-state index in [0.717, 1.165) is 49.4 Å². The number of nitrogens with zero attached hydrogens (tertiary/aromatic N) is 3. The molecule has 0 aromatic carbocycles. The van der Waals surface area contributed by atoms with Gasteiger partial charge in [0.1, 0.15) is 6.04 Å². The van der Waals surface area contributed by atoms with Crippen LogP contribution in [0.4, 0.5) is 0 Å². The largest absolute Gasteiger partial charge is 0.480 e. The van der Waals surface area contributed by atoms with E-state index >= 15 is 0 Å². The summed E-state index contributed by atoms with van der Waals surface area (Å²) in [6, 6.07) is -0.381. The first-order valence-electron chi connectivity index (χ1n) is 9.03. The third kappa shape index (κ3) is 3.56. The maximum atomic E-state index is 12.5. The fourth-order valence-corrected chi connectivity index (χ4v) is 4.30. The number of aromatic nitrogens is 2. The van der Waals surface area contributed by atoms with Crippen LogP contribution in [-0.2, 0) is 16.0 Å². The van der Waals surface area contributed by atoms with Crippen LogP contribution >= 0.6 is 0 Å². The molecule has 25 heavy (non-hydrogen) atoms. The van der Waals surface area contributed by atoms with Crippen LogP contribution in [-0.4, -0.2) is 69.7 Å². The van der Waals surface area contributed by atoms with Gasteiger partial charge in [0.2, 0.25) is 5.91 Å². The number of carboxylic acids is 1. The zero-order valence-electron chi connectivity index (χ0n) is 15.3. The molecule has 0 radical (unpaired) electrons. The molecule has 7 nitrogen and oxygen atoms in total. The van der Waals surface area contributed by atoms with Gasteiger partial charge in [-0.15, -0.1) is 0 Å². The van der Waals surface area contributed by atoms with Crippen molar-refractivity contribution >= 4 is 11.9 Å². The quantitative estimate of drug-likeness (QED) is 0.857. The average molecular weight is 348 g/mol. The Bertz CT molecular complexity index is 661. The summed E-state index contributed by atoms with van der Waals surface area (Å²) < 4.78 is 0. The Balaban J connectivity index is 1.51. The molecule has 1 aromatic heterocycles. The van der Waals surface area contributed by atoms with E-state index in [4.69, 9.17) is 0 Å². The Morgan fingerprint density at radius 2 is 2.00 bits per heavy atom. The van der Waals surface area contributed by atoms with E-state index < -0.39 is 5.97 Å². The molecule has 1 aromatic rings. The van der Waals surface area contributed by atoms with Crippen molar-refractivity contribution in [3.63, 3.8) is 0 Å². The number of hydrogen-bond acceptors (Lipinski definition) is 4. The van der Waals surface area contributed by atoms with Crippen molar-refractivity contribution in [2.45, 2.75) is 52.0 Å². The summed E-state index contributed by atoms with van der Waals surface area (Å²) in [4.78, 5) is 27.7. The van der Waals surface area contributed by atoms with Crippen molar-refractivity contribution in [2.75, 3.05) is 26.7 Å². The van der Waals surface area contributed by atoms with Crippen molar-refractivity contribution in [3.05, 3.63) is 17.0 Å². The van der Waals surface area contributed by atoms with E-state index in [0.29, 0.717) is 19.3 Å². The number of carboxylic acid groups (broad SMARTS) is 1. The molecule has 0 saturated carbocycles. The number of H-pyrrole nitrogens is 1. The highest BCUT2D eigenvalue weighted by Gasteiger charge is 2.47. The fourth-order valence-electron chi connectivity index (χ4n) is 4.30. The predicted molar refractivity (Wildman–Crippen MR) is 93.3 cm³/mol. The van der Waals surface area contributed by atoms with E-state index in [1.54, 1.807) is 0 Å². The van der Waals surface area contributed by atoms with Crippen molar-refractivity contribution in [1.29, 1.82) is 0 Å². The number of carbonyl (C=O) groups is 2. The van der Waals surface area contributed by atoms with E-state index in [9.17, 15) is 14.7 Å². The molecule has 3 heterocycles. The molecular formula is C18H28N4O3. The summed E-state index contributed by atoms with van der Waals surface area (Å²) in [7, 11) is 1.89. The third-order valence-corrected chi connectivity index (χ3v) is 6.13. The molecule has 2 aliphatic rings. The van der Waals surface area contributed by atoms with Gasteiger partial charge in [0.25, 0.3) is 0 Å². The lowest BCUT2D eigenvalue weighted by atomic mass is 9.76. The van der Waals surface area contributed by atoms with Gasteiger partial charge in [-0.3, -0.25) is 19.6 Å². The van der Waals surface area contributed by atoms with Gasteiger partial charge in [-0.2, -0.15) is 5.10 Å². The second-order valence-corrected chi connectivity index (χ2v) is 7.77. The lowest BCUT2D eigenvalue weighted by Gasteiger charge is -2.39. The highest BCUT2D eigenvalue weighted by molar-refractivity contribution is 5.76. The summed E-state index contributed by atoms with van der Waals surface area (Å²) in [5.41, 5.74) is 3.23. The van der Waals surface area contributed by atoms with Gasteiger partial charge in [-0.25, -0.2) is 0 Å². The number of nitrogens with one attached hydrogen (secondary N) is 1. The monoisotopic (exact) mass is 348 g/mol. The second-order valence-electron chi connectivity index (χ2n) is 7.77. The van der Waals surface area contributed by atoms with Crippen LogP contribution < -0.4 is 0 Å². The summed E-state index contributed by atoms with van der Waals surface area (Å²) >= 11 is 0. The molecule has 0 aliphatic carbocycles. The standard InChI is InChI=1S/C18H28N4O3/c1-12-13(2)19-20-14(12)4-5-16(23)22-8-6-18(7-9-22)10-15(17(24)25)21(3)11-18/h15H,4-11H2,1-3H3,(H,19,20)(H,24,25)/t15-/m0/s1. The number of amides is 1. The summed E-state index contributed by atoms with van der Waals surface area (Å²) in [5.74, 6) is -0.557. The van der Waals surface area contributed by atoms with Crippen LogP contribution in [0.1, 0.15) is 42.6 Å². The van der Waals surface area contributed by atoms with Gasteiger partial charge >= 0.3 is 5.97 Å². The highest BCUT2D eigenvalue weighted by Crippen LogP contribution is 2.42. The van der Waals surface area contributed by atoms with Gasteiger partial charge in [0.15, 0.2) is 0 Å². The molecule has 3 rings (SSSR count). The average Bonchev–Trinajstić information content (AvgIpc) is 3.07. The van der Waals surface area contributed by atoms with E-state index in [1.807, 2.05) is 30.7 Å². The van der Waals surface area contributed by atoms with Crippen molar-refractivity contribution in [2.24, 2.45) is 5.41 Å². The zero-order chi connectivity index (χ0) is 18.2. The third-order valence-electron chi connectivity index (χ3n) is 6.13. The molecule has 2 saturated heterocycles. The minimum atomic E-state index is -0.734. The minimum Gasteiger partial charge on any atom is -0.480 e. The number of aryl methyl sites for hydroxylation is 2. The molecule has 2 N–H and O–H groups in total. The lowest BCUT2D eigenvalue weighted by Crippen LogP contribution is -2.44. The zero-order valence-corrected chi connectivity index (χ0v) is 15.3. The molecule has 2 fully saturated rings. The fraction of sp³-hybridized carbons (Fsp3) is 0.722. The van der Waals surface area contributed by atoms with Crippen LogP contribution in [0.25, 0.3) is 0 Å². The van der Waals surface area contributed by atoms with Crippen LogP contribution in [0.15, 0.2) is 0 Å². The Labute approximate surface area is 148 Å².